The Balaban J connectivity index is 2.23. The van der Waals surface area contributed by atoms with E-state index in [1.54, 1.807) is 20.8 Å². The van der Waals surface area contributed by atoms with Gasteiger partial charge in [0.25, 0.3) is 0 Å². The number of ether oxygens (including phenoxy) is 2. The molecule has 0 saturated carbocycles. The molecule has 6 heteroatoms. The Morgan fingerprint density at radius 1 is 1.30 bits per heavy atom. The smallest absolute Gasteiger partial charge is 0.407 e. The second-order valence-corrected chi connectivity index (χ2v) is 5.18. The molecule has 1 amide bonds. The molecule has 0 fully saturated rings. The molecule has 112 valence electrons. The van der Waals surface area contributed by atoms with Crippen molar-refractivity contribution in [2.75, 3.05) is 13.2 Å². The van der Waals surface area contributed by atoms with Gasteiger partial charge in [-0.3, -0.25) is 0 Å². The lowest BCUT2D eigenvalue weighted by Gasteiger charge is -2.19. The van der Waals surface area contributed by atoms with Crippen molar-refractivity contribution >= 4 is 6.09 Å². The lowest BCUT2D eigenvalue weighted by Crippen LogP contribution is -2.33. The molecule has 0 spiro atoms. The van der Waals surface area contributed by atoms with E-state index < -0.39 is 23.3 Å². The van der Waals surface area contributed by atoms with Crippen LogP contribution in [0.2, 0.25) is 0 Å². The van der Waals surface area contributed by atoms with Gasteiger partial charge in [0.2, 0.25) is 5.82 Å². The molecular formula is C14H19F2NO3. The van der Waals surface area contributed by atoms with Crippen LogP contribution in [0.4, 0.5) is 13.6 Å². The summed E-state index contributed by atoms with van der Waals surface area (Å²) in [6.07, 6.45) is -0.0655. The van der Waals surface area contributed by atoms with Gasteiger partial charge < -0.3 is 14.8 Å². The van der Waals surface area contributed by atoms with Gasteiger partial charge in [-0.2, -0.15) is 4.39 Å². The molecule has 20 heavy (non-hydrogen) atoms. The third kappa shape index (κ3) is 5.86. The zero-order chi connectivity index (χ0) is 15.2. The maximum Gasteiger partial charge on any atom is 0.407 e. The van der Waals surface area contributed by atoms with Crippen LogP contribution in [0.25, 0.3) is 0 Å². The van der Waals surface area contributed by atoms with Crippen LogP contribution in [-0.2, 0) is 4.74 Å². The molecule has 0 aromatic heterocycles. The molecule has 0 unspecified atom stereocenters. The summed E-state index contributed by atoms with van der Waals surface area (Å²) in [6.45, 7) is 5.79. The van der Waals surface area contributed by atoms with Crippen molar-refractivity contribution in [3.63, 3.8) is 0 Å². The fourth-order valence-corrected chi connectivity index (χ4v) is 1.35. The minimum absolute atomic E-state index is 0.137. The summed E-state index contributed by atoms with van der Waals surface area (Å²) in [6, 6.07) is 3.73. The van der Waals surface area contributed by atoms with Gasteiger partial charge in [-0.1, -0.05) is 6.07 Å². The van der Waals surface area contributed by atoms with E-state index in [1.165, 1.54) is 12.1 Å². The highest BCUT2D eigenvalue weighted by atomic mass is 19.2. The van der Waals surface area contributed by atoms with Crippen LogP contribution >= 0.6 is 0 Å². The van der Waals surface area contributed by atoms with Gasteiger partial charge in [0.05, 0.1) is 6.61 Å². The first-order valence-corrected chi connectivity index (χ1v) is 6.33. The van der Waals surface area contributed by atoms with E-state index in [-0.39, 0.29) is 12.4 Å². The molecule has 1 aromatic rings. The van der Waals surface area contributed by atoms with Gasteiger partial charge in [0.1, 0.15) is 5.60 Å². The Hall–Kier alpha value is -1.85. The van der Waals surface area contributed by atoms with E-state index in [1.807, 2.05) is 0 Å². The average molecular weight is 287 g/mol. The second-order valence-electron chi connectivity index (χ2n) is 5.18. The molecule has 0 saturated heterocycles. The van der Waals surface area contributed by atoms with E-state index in [0.717, 1.165) is 6.07 Å². The number of rotatable bonds is 5. The number of carbonyl (C=O) groups excluding carboxylic acids is 1. The standard InChI is InChI=1S/C14H19F2NO3/c1-14(2,3)20-13(18)17-8-5-9-19-11-7-4-6-10(15)12(11)16/h4,6-7H,5,8-9H2,1-3H3,(H,17,18). The van der Waals surface area contributed by atoms with Crippen LogP contribution in [0, 0.1) is 11.6 Å². The molecular weight excluding hydrogens is 268 g/mol. The predicted octanol–water partition coefficient (Wildman–Crippen LogP) is 3.26. The van der Waals surface area contributed by atoms with E-state index in [2.05, 4.69) is 5.32 Å². The van der Waals surface area contributed by atoms with Crippen molar-refractivity contribution in [1.82, 2.24) is 5.32 Å². The highest BCUT2D eigenvalue weighted by molar-refractivity contribution is 5.67. The normalized spacial score (nSPS) is 11.1. The molecule has 1 aromatic carbocycles. The molecule has 1 N–H and O–H groups in total. The monoisotopic (exact) mass is 287 g/mol. The summed E-state index contributed by atoms with van der Waals surface area (Å²) >= 11 is 0. The maximum atomic E-state index is 13.2. The number of amides is 1. The van der Waals surface area contributed by atoms with Crippen molar-refractivity contribution in [2.45, 2.75) is 32.8 Å². The molecule has 0 radical (unpaired) electrons. The molecule has 0 bridgehead atoms. The van der Waals surface area contributed by atoms with Crippen LogP contribution in [0.5, 0.6) is 5.75 Å². The van der Waals surface area contributed by atoms with Gasteiger partial charge in [0.15, 0.2) is 11.6 Å². The van der Waals surface area contributed by atoms with Gasteiger partial charge in [-0.05, 0) is 39.3 Å². The van der Waals surface area contributed by atoms with Crippen molar-refractivity contribution in [3.8, 4) is 5.75 Å². The topological polar surface area (TPSA) is 47.6 Å². The highest BCUT2D eigenvalue weighted by Gasteiger charge is 2.15. The lowest BCUT2D eigenvalue weighted by atomic mass is 10.2. The van der Waals surface area contributed by atoms with E-state index in [9.17, 15) is 13.6 Å². The van der Waals surface area contributed by atoms with Crippen LogP contribution in [0.3, 0.4) is 0 Å². The molecule has 4 nitrogen and oxygen atoms in total. The molecule has 0 atom stereocenters. The number of hydrogen-bond acceptors (Lipinski definition) is 3. The number of carbonyl (C=O) groups is 1. The maximum absolute atomic E-state index is 13.2. The second kappa shape index (κ2) is 7.07. The van der Waals surface area contributed by atoms with Crippen molar-refractivity contribution in [3.05, 3.63) is 29.8 Å². The Morgan fingerprint density at radius 3 is 2.65 bits per heavy atom. The zero-order valence-electron chi connectivity index (χ0n) is 11.8. The third-order valence-corrected chi connectivity index (χ3v) is 2.16. The minimum Gasteiger partial charge on any atom is -0.490 e. The largest absolute Gasteiger partial charge is 0.490 e. The fourth-order valence-electron chi connectivity index (χ4n) is 1.35. The van der Waals surface area contributed by atoms with Crippen molar-refractivity contribution in [2.24, 2.45) is 0 Å². The Kier molecular flexibility index (Phi) is 5.73. The fraction of sp³-hybridized carbons (Fsp3) is 0.500. The van der Waals surface area contributed by atoms with Gasteiger partial charge in [-0.25, -0.2) is 9.18 Å². The van der Waals surface area contributed by atoms with Crippen LogP contribution in [0.15, 0.2) is 18.2 Å². The molecule has 0 aliphatic rings. The number of alkyl carbamates (subject to hydrolysis) is 1. The average Bonchev–Trinajstić information content (AvgIpc) is 2.31. The summed E-state index contributed by atoms with van der Waals surface area (Å²) in [5.41, 5.74) is -0.550. The lowest BCUT2D eigenvalue weighted by molar-refractivity contribution is 0.0525. The predicted molar refractivity (Wildman–Crippen MR) is 70.7 cm³/mol. The molecule has 0 aliphatic heterocycles. The summed E-state index contributed by atoms with van der Waals surface area (Å²) in [5, 5.41) is 2.54. The van der Waals surface area contributed by atoms with Crippen LogP contribution < -0.4 is 10.1 Å². The summed E-state index contributed by atoms with van der Waals surface area (Å²) < 4.78 is 36.3. The highest BCUT2D eigenvalue weighted by Crippen LogP contribution is 2.18. The summed E-state index contributed by atoms with van der Waals surface area (Å²) in [4.78, 5) is 11.3. The zero-order valence-corrected chi connectivity index (χ0v) is 11.8. The Labute approximate surface area is 117 Å². The molecule has 1 rings (SSSR count). The van der Waals surface area contributed by atoms with Gasteiger partial charge in [-0.15, -0.1) is 0 Å². The number of halogens is 2. The first kappa shape index (κ1) is 16.2. The first-order chi connectivity index (χ1) is 9.29. The number of benzene rings is 1. The first-order valence-electron chi connectivity index (χ1n) is 6.33. The number of nitrogens with one attached hydrogen (secondary N) is 1. The van der Waals surface area contributed by atoms with Crippen LogP contribution in [0.1, 0.15) is 27.2 Å². The van der Waals surface area contributed by atoms with Gasteiger partial charge in [0, 0.05) is 6.54 Å². The van der Waals surface area contributed by atoms with Gasteiger partial charge >= 0.3 is 6.09 Å². The minimum atomic E-state index is -1.01. The SMILES string of the molecule is CC(C)(C)OC(=O)NCCCOc1cccc(F)c1F. The summed E-state index contributed by atoms with van der Waals surface area (Å²) in [5.74, 6) is -2.09. The Morgan fingerprint density at radius 2 is 2.00 bits per heavy atom. The van der Waals surface area contributed by atoms with Crippen molar-refractivity contribution in [1.29, 1.82) is 0 Å². The summed E-state index contributed by atoms with van der Waals surface area (Å²) in [7, 11) is 0. The van der Waals surface area contributed by atoms with E-state index >= 15 is 0 Å². The molecule has 0 heterocycles. The van der Waals surface area contributed by atoms with E-state index in [4.69, 9.17) is 9.47 Å². The third-order valence-electron chi connectivity index (χ3n) is 2.16. The Bertz CT molecular complexity index is 458. The van der Waals surface area contributed by atoms with Crippen LogP contribution in [-0.4, -0.2) is 24.8 Å². The van der Waals surface area contributed by atoms with E-state index in [0.29, 0.717) is 13.0 Å². The van der Waals surface area contributed by atoms with Crippen molar-refractivity contribution < 1.29 is 23.0 Å². The quantitative estimate of drug-likeness (QED) is 0.846. The molecule has 0 aliphatic carbocycles. The number of hydrogen-bond donors (Lipinski definition) is 1.